The van der Waals surface area contributed by atoms with Gasteiger partial charge in [0.15, 0.2) is 0 Å². The lowest BCUT2D eigenvalue weighted by Crippen LogP contribution is -2.23. The second kappa shape index (κ2) is 8.32. The predicted molar refractivity (Wildman–Crippen MR) is 107 cm³/mol. The highest BCUT2D eigenvalue weighted by atomic mass is 19.1. The Hall–Kier alpha value is -3.74. The standard InChI is InChI=1S/C23H19FN2O4/c24-18-11-20(21(27)25-12-14-4-6-16(7-5-14)23(28)29)22(26-13-18)30-19-9-8-15-2-1-3-17(15)10-19/h4-11,13H,1-3,12H2,(H,25,27)(H,28,29). The van der Waals surface area contributed by atoms with Gasteiger partial charge in [0.1, 0.15) is 17.1 Å². The van der Waals surface area contributed by atoms with E-state index < -0.39 is 17.7 Å². The molecule has 6 nitrogen and oxygen atoms in total. The Morgan fingerprint density at radius 1 is 1.07 bits per heavy atom. The van der Waals surface area contributed by atoms with Crippen LogP contribution in [0.25, 0.3) is 0 Å². The highest BCUT2D eigenvalue weighted by molar-refractivity contribution is 5.96. The summed E-state index contributed by atoms with van der Waals surface area (Å²) in [6, 6.07) is 13.0. The number of ether oxygens (including phenoxy) is 1. The van der Waals surface area contributed by atoms with Crippen LogP contribution in [0.2, 0.25) is 0 Å². The van der Waals surface area contributed by atoms with Crippen molar-refractivity contribution in [2.24, 2.45) is 0 Å². The highest BCUT2D eigenvalue weighted by Gasteiger charge is 2.18. The Bertz CT molecular complexity index is 1110. The summed E-state index contributed by atoms with van der Waals surface area (Å²) in [4.78, 5) is 27.5. The van der Waals surface area contributed by atoms with Gasteiger partial charge in [-0.05, 0) is 66.3 Å². The highest BCUT2D eigenvalue weighted by Crippen LogP contribution is 2.29. The van der Waals surface area contributed by atoms with Gasteiger partial charge >= 0.3 is 5.97 Å². The molecule has 3 aromatic rings. The molecule has 0 saturated heterocycles. The van der Waals surface area contributed by atoms with E-state index in [4.69, 9.17) is 9.84 Å². The number of aryl methyl sites for hydroxylation is 2. The molecule has 0 radical (unpaired) electrons. The lowest BCUT2D eigenvalue weighted by molar-refractivity contribution is 0.0696. The summed E-state index contributed by atoms with van der Waals surface area (Å²) in [6.45, 7) is 0.146. The SMILES string of the molecule is O=C(O)c1ccc(CNC(=O)c2cc(F)cnc2Oc2ccc3c(c2)CCC3)cc1. The van der Waals surface area contributed by atoms with Crippen molar-refractivity contribution in [2.45, 2.75) is 25.8 Å². The van der Waals surface area contributed by atoms with Crippen LogP contribution in [-0.4, -0.2) is 22.0 Å². The molecule has 1 aromatic heterocycles. The quantitative estimate of drug-likeness (QED) is 0.643. The molecule has 0 unspecified atom stereocenters. The number of nitrogens with one attached hydrogen (secondary N) is 1. The summed E-state index contributed by atoms with van der Waals surface area (Å²) < 4.78 is 19.6. The zero-order chi connectivity index (χ0) is 21.1. The predicted octanol–water partition coefficient (Wildman–Crippen LogP) is 4.13. The number of amides is 1. The number of hydrogen-bond donors (Lipinski definition) is 2. The minimum Gasteiger partial charge on any atom is -0.478 e. The first-order chi connectivity index (χ1) is 14.5. The third-order valence-electron chi connectivity index (χ3n) is 5.00. The lowest BCUT2D eigenvalue weighted by Gasteiger charge is -2.12. The molecule has 0 atom stereocenters. The smallest absolute Gasteiger partial charge is 0.335 e. The van der Waals surface area contributed by atoms with Crippen LogP contribution in [0.4, 0.5) is 4.39 Å². The van der Waals surface area contributed by atoms with Crippen LogP contribution >= 0.6 is 0 Å². The number of halogens is 1. The lowest BCUT2D eigenvalue weighted by atomic mass is 10.1. The number of carbonyl (C=O) groups excluding carboxylic acids is 1. The molecule has 0 saturated carbocycles. The van der Waals surface area contributed by atoms with Crippen molar-refractivity contribution in [3.8, 4) is 11.6 Å². The number of fused-ring (bicyclic) bond motifs is 1. The summed E-state index contributed by atoms with van der Waals surface area (Å²) in [5, 5.41) is 11.6. The molecule has 7 heteroatoms. The third-order valence-corrected chi connectivity index (χ3v) is 5.00. The number of hydrogen-bond acceptors (Lipinski definition) is 4. The minimum atomic E-state index is -1.02. The maximum Gasteiger partial charge on any atom is 0.335 e. The second-order valence-electron chi connectivity index (χ2n) is 7.08. The number of carboxylic acids is 1. The molecule has 1 aliphatic rings. The minimum absolute atomic E-state index is 0.0161. The average molecular weight is 406 g/mol. The fourth-order valence-corrected chi connectivity index (χ4v) is 3.44. The zero-order valence-corrected chi connectivity index (χ0v) is 16.0. The van der Waals surface area contributed by atoms with Crippen molar-refractivity contribution in [3.05, 3.63) is 88.4 Å². The van der Waals surface area contributed by atoms with Crippen molar-refractivity contribution >= 4 is 11.9 Å². The molecule has 1 aliphatic carbocycles. The second-order valence-corrected chi connectivity index (χ2v) is 7.08. The van der Waals surface area contributed by atoms with Crippen molar-refractivity contribution in [1.82, 2.24) is 10.3 Å². The van der Waals surface area contributed by atoms with Gasteiger partial charge in [0.25, 0.3) is 5.91 Å². The van der Waals surface area contributed by atoms with Crippen molar-refractivity contribution in [3.63, 3.8) is 0 Å². The molecule has 0 bridgehead atoms. The maximum atomic E-state index is 13.8. The van der Waals surface area contributed by atoms with Gasteiger partial charge in [0.05, 0.1) is 11.8 Å². The molecule has 1 heterocycles. The largest absolute Gasteiger partial charge is 0.478 e. The van der Waals surface area contributed by atoms with Crippen molar-refractivity contribution in [1.29, 1.82) is 0 Å². The van der Waals surface area contributed by atoms with E-state index in [0.717, 1.165) is 31.5 Å². The Morgan fingerprint density at radius 2 is 1.83 bits per heavy atom. The maximum absolute atomic E-state index is 13.8. The van der Waals surface area contributed by atoms with E-state index >= 15 is 0 Å². The Balaban J connectivity index is 1.49. The first kappa shape index (κ1) is 19.6. The molecule has 0 spiro atoms. The molecule has 2 aromatic carbocycles. The van der Waals surface area contributed by atoms with E-state index in [2.05, 4.69) is 10.3 Å². The number of benzene rings is 2. The summed E-state index contributed by atoms with van der Waals surface area (Å²) in [5.41, 5.74) is 3.35. The normalized spacial score (nSPS) is 12.3. The third kappa shape index (κ3) is 4.30. The fourth-order valence-electron chi connectivity index (χ4n) is 3.44. The van der Waals surface area contributed by atoms with Crippen LogP contribution in [0, 0.1) is 5.82 Å². The average Bonchev–Trinajstić information content (AvgIpc) is 3.21. The zero-order valence-electron chi connectivity index (χ0n) is 16.0. The Morgan fingerprint density at radius 3 is 2.60 bits per heavy atom. The van der Waals surface area contributed by atoms with Gasteiger partial charge in [0.2, 0.25) is 5.88 Å². The Labute approximate surface area is 172 Å². The summed E-state index contributed by atoms with van der Waals surface area (Å²) in [5.74, 6) is -1.64. The van der Waals surface area contributed by atoms with Crippen LogP contribution < -0.4 is 10.1 Å². The van der Waals surface area contributed by atoms with Gasteiger partial charge < -0.3 is 15.2 Å². The number of nitrogens with zero attached hydrogens (tertiary/aromatic N) is 1. The van der Waals surface area contributed by atoms with Crippen LogP contribution in [0.5, 0.6) is 11.6 Å². The number of aromatic nitrogens is 1. The monoisotopic (exact) mass is 406 g/mol. The van der Waals surface area contributed by atoms with Gasteiger partial charge in [-0.1, -0.05) is 18.2 Å². The van der Waals surface area contributed by atoms with Gasteiger partial charge in [-0.15, -0.1) is 0 Å². The van der Waals surface area contributed by atoms with Gasteiger partial charge in [-0.25, -0.2) is 14.2 Å². The molecule has 1 amide bonds. The first-order valence-electron chi connectivity index (χ1n) is 9.55. The molecule has 152 valence electrons. The summed E-state index contributed by atoms with van der Waals surface area (Å²) in [7, 11) is 0. The van der Waals surface area contributed by atoms with Crippen molar-refractivity contribution in [2.75, 3.05) is 0 Å². The van der Waals surface area contributed by atoms with Gasteiger partial charge in [0, 0.05) is 6.54 Å². The molecular weight excluding hydrogens is 387 g/mol. The van der Waals surface area contributed by atoms with E-state index in [1.54, 1.807) is 12.1 Å². The molecule has 0 aliphatic heterocycles. The van der Waals surface area contributed by atoms with Crippen LogP contribution in [0.1, 0.15) is 43.8 Å². The number of carboxylic acid groups (broad SMARTS) is 1. The van der Waals surface area contributed by atoms with Crippen molar-refractivity contribution < 1.29 is 23.8 Å². The number of pyridine rings is 1. The molecule has 30 heavy (non-hydrogen) atoms. The number of rotatable bonds is 6. The first-order valence-corrected chi connectivity index (χ1v) is 9.55. The topological polar surface area (TPSA) is 88.5 Å². The molecular formula is C23H19FN2O4. The fraction of sp³-hybridized carbons (Fsp3) is 0.174. The molecule has 2 N–H and O–H groups in total. The molecule has 0 fully saturated rings. The van der Waals surface area contributed by atoms with E-state index in [1.165, 1.54) is 23.3 Å². The Kier molecular flexibility index (Phi) is 5.43. The van der Waals surface area contributed by atoms with Crippen LogP contribution in [-0.2, 0) is 19.4 Å². The van der Waals surface area contributed by atoms with E-state index in [1.807, 2.05) is 18.2 Å². The number of aromatic carboxylic acids is 1. The van der Waals surface area contributed by atoms with Crippen LogP contribution in [0.3, 0.4) is 0 Å². The summed E-state index contributed by atoms with van der Waals surface area (Å²) >= 11 is 0. The van der Waals surface area contributed by atoms with E-state index in [-0.39, 0.29) is 23.6 Å². The molecule has 4 rings (SSSR count). The number of carbonyl (C=O) groups is 2. The summed E-state index contributed by atoms with van der Waals surface area (Å²) in [6.07, 6.45) is 4.14. The van der Waals surface area contributed by atoms with E-state index in [0.29, 0.717) is 11.3 Å². The van der Waals surface area contributed by atoms with Gasteiger partial charge in [-0.3, -0.25) is 4.79 Å². The van der Waals surface area contributed by atoms with Gasteiger partial charge in [-0.2, -0.15) is 0 Å². The van der Waals surface area contributed by atoms with Crippen LogP contribution in [0.15, 0.2) is 54.7 Å². The van der Waals surface area contributed by atoms with E-state index in [9.17, 15) is 14.0 Å².